The molecule has 0 rings (SSSR count). The Balaban J connectivity index is 4.04. The molecule has 36 heavy (non-hydrogen) atoms. The highest BCUT2D eigenvalue weighted by atomic mass is 31.2. The summed E-state index contributed by atoms with van der Waals surface area (Å²) in [5.74, 6) is -0.892. The molecule has 214 valence electrons. The third-order valence-electron chi connectivity index (χ3n) is 6.13. The summed E-state index contributed by atoms with van der Waals surface area (Å²) in [5, 5.41) is 0. The van der Waals surface area contributed by atoms with E-state index in [0.717, 1.165) is 51.4 Å². The predicted octanol–water partition coefficient (Wildman–Crippen LogP) is 7.39. The molecule has 0 aromatic carbocycles. The second-order valence-electron chi connectivity index (χ2n) is 9.74. The van der Waals surface area contributed by atoms with Gasteiger partial charge in [0.25, 0.3) is 0 Å². The highest BCUT2D eigenvalue weighted by Gasteiger charge is 2.22. The normalized spacial score (nSPS) is 12.4. The molecule has 0 radical (unpaired) electrons. The van der Waals surface area contributed by atoms with Gasteiger partial charge in [0, 0.05) is 12.8 Å². The molecule has 0 saturated carbocycles. The van der Waals surface area contributed by atoms with Crippen LogP contribution in [0.25, 0.3) is 0 Å². The van der Waals surface area contributed by atoms with Crippen molar-refractivity contribution in [1.29, 1.82) is 0 Å². The zero-order chi connectivity index (χ0) is 26.9. The van der Waals surface area contributed by atoms with Crippen molar-refractivity contribution in [3.63, 3.8) is 0 Å². The summed E-state index contributed by atoms with van der Waals surface area (Å²) in [6.07, 6.45) is 20.0. The van der Waals surface area contributed by atoms with Gasteiger partial charge < -0.3 is 19.3 Å². The average Bonchev–Trinajstić information content (AvgIpc) is 2.83. The SMILES string of the molecule is CCCCCCCCCCCCCCC(=O)OC(COC(=O)CCCCCCCC)COP(=O)(O)O. The molecular weight excluding hydrogens is 483 g/mol. The lowest BCUT2D eigenvalue weighted by Crippen LogP contribution is -2.29. The van der Waals surface area contributed by atoms with Gasteiger partial charge in [-0.1, -0.05) is 117 Å². The minimum absolute atomic E-state index is 0.218. The van der Waals surface area contributed by atoms with Gasteiger partial charge in [0.2, 0.25) is 0 Å². The van der Waals surface area contributed by atoms with E-state index in [1.807, 2.05) is 0 Å². The molecule has 8 nitrogen and oxygen atoms in total. The Labute approximate surface area is 219 Å². The van der Waals surface area contributed by atoms with E-state index in [2.05, 4.69) is 18.4 Å². The van der Waals surface area contributed by atoms with Gasteiger partial charge >= 0.3 is 19.8 Å². The lowest BCUT2D eigenvalue weighted by molar-refractivity contribution is -0.161. The van der Waals surface area contributed by atoms with Crippen molar-refractivity contribution in [3.8, 4) is 0 Å². The van der Waals surface area contributed by atoms with Gasteiger partial charge in [-0.25, -0.2) is 4.57 Å². The van der Waals surface area contributed by atoms with Crippen LogP contribution < -0.4 is 0 Å². The first kappa shape index (κ1) is 35.0. The maximum absolute atomic E-state index is 12.2. The topological polar surface area (TPSA) is 119 Å². The van der Waals surface area contributed by atoms with Gasteiger partial charge in [-0.15, -0.1) is 0 Å². The van der Waals surface area contributed by atoms with Crippen LogP contribution in [0.3, 0.4) is 0 Å². The molecular formula is C27H53O8P. The molecule has 0 aliphatic carbocycles. The van der Waals surface area contributed by atoms with E-state index < -0.39 is 32.5 Å². The second kappa shape index (κ2) is 24.4. The first-order valence-corrected chi connectivity index (χ1v) is 15.9. The molecule has 0 bridgehead atoms. The van der Waals surface area contributed by atoms with Crippen LogP contribution in [0.5, 0.6) is 0 Å². The van der Waals surface area contributed by atoms with Crippen LogP contribution in [-0.4, -0.2) is 41.0 Å². The van der Waals surface area contributed by atoms with Crippen LogP contribution >= 0.6 is 7.82 Å². The van der Waals surface area contributed by atoms with Gasteiger partial charge in [0.05, 0.1) is 6.61 Å². The molecule has 0 fully saturated rings. The van der Waals surface area contributed by atoms with E-state index in [1.165, 1.54) is 57.8 Å². The van der Waals surface area contributed by atoms with Crippen molar-refractivity contribution in [2.24, 2.45) is 0 Å². The molecule has 0 aromatic heterocycles. The Morgan fingerprint density at radius 1 is 0.611 bits per heavy atom. The quantitative estimate of drug-likeness (QED) is 0.0667. The first-order valence-electron chi connectivity index (χ1n) is 14.3. The fraction of sp³-hybridized carbons (Fsp3) is 0.926. The summed E-state index contributed by atoms with van der Waals surface area (Å²) in [7, 11) is -4.72. The minimum atomic E-state index is -4.72. The average molecular weight is 537 g/mol. The van der Waals surface area contributed by atoms with Crippen LogP contribution in [0.4, 0.5) is 0 Å². The molecule has 0 spiro atoms. The lowest BCUT2D eigenvalue weighted by atomic mass is 10.0. The summed E-state index contributed by atoms with van der Waals surface area (Å²) in [6.45, 7) is 3.57. The first-order chi connectivity index (χ1) is 17.3. The van der Waals surface area contributed by atoms with E-state index in [9.17, 15) is 14.2 Å². The van der Waals surface area contributed by atoms with Gasteiger partial charge in [0.1, 0.15) is 6.61 Å². The second-order valence-corrected chi connectivity index (χ2v) is 11.0. The number of phosphoric acid groups is 1. The summed E-state index contributed by atoms with van der Waals surface area (Å²) in [6, 6.07) is 0. The summed E-state index contributed by atoms with van der Waals surface area (Å²) in [4.78, 5) is 42.1. The molecule has 0 aliphatic rings. The van der Waals surface area contributed by atoms with Crippen LogP contribution in [0.2, 0.25) is 0 Å². The Morgan fingerprint density at radius 2 is 1.00 bits per heavy atom. The molecule has 0 aromatic rings. The van der Waals surface area contributed by atoms with E-state index in [4.69, 9.17) is 19.3 Å². The molecule has 1 atom stereocenters. The molecule has 0 amide bonds. The van der Waals surface area contributed by atoms with E-state index >= 15 is 0 Å². The molecule has 0 saturated heterocycles. The summed E-state index contributed by atoms with van der Waals surface area (Å²) in [5.41, 5.74) is 0. The summed E-state index contributed by atoms with van der Waals surface area (Å²) < 4.78 is 26.0. The maximum Gasteiger partial charge on any atom is 0.469 e. The number of unbranched alkanes of at least 4 members (excludes halogenated alkanes) is 16. The third-order valence-corrected chi connectivity index (χ3v) is 6.61. The highest BCUT2D eigenvalue weighted by Crippen LogP contribution is 2.35. The number of rotatable bonds is 26. The predicted molar refractivity (Wildman–Crippen MR) is 143 cm³/mol. The Kier molecular flexibility index (Phi) is 23.7. The van der Waals surface area contributed by atoms with Crippen molar-refractivity contribution in [1.82, 2.24) is 0 Å². The molecule has 0 heterocycles. The number of carbonyl (C=O) groups is 2. The number of hydrogen-bond donors (Lipinski definition) is 2. The molecule has 2 N–H and O–H groups in total. The van der Waals surface area contributed by atoms with E-state index in [-0.39, 0.29) is 19.4 Å². The zero-order valence-electron chi connectivity index (χ0n) is 22.9. The van der Waals surface area contributed by atoms with Crippen molar-refractivity contribution < 1.29 is 37.9 Å². The lowest BCUT2D eigenvalue weighted by Gasteiger charge is -2.18. The smallest absolute Gasteiger partial charge is 0.462 e. The number of esters is 2. The van der Waals surface area contributed by atoms with Gasteiger partial charge in [-0.2, -0.15) is 0 Å². The number of hydrogen-bond acceptors (Lipinski definition) is 6. The van der Waals surface area contributed by atoms with Crippen LogP contribution in [-0.2, 0) is 28.2 Å². The van der Waals surface area contributed by atoms with Crippen LogP contribution in [0, 0.1) is 0 Å². The molecule has 0 aliphatic heterocycles. The van der Waals surface area contributed by atoms with Gasteiger partial charge in [-0.3, -0.25) is 14.1 Å². The minimum Gasteiger partial charge on any atom is -0.462 e. The fourth-order valence-electron chi connectivity index (χ4n) is 3.96. The molecule has 1 unspecified atom stereocenters. The maximum atomic E-state index is 12.2. The number of ether oxygens (including phenoxy) is 2. The Bertz CT molecular complexity index is 578. The summed E-state index contributed by atoms with van der Waals surface area (Å²) >= 11 is 0. The Morgan fingerprint density at radius 3 is 1.42 bits per heavy atom. The van der Waals surface area contributed by atoms with Gasteiger partial charge in [-0.05, 0) is 12.8 Å². The third kappa shape index (κ3) is 26.1. The monoisotopic (exact) mass is 536 g/mol. The van der Waals surface area contributed by atoms with E-state index in [1.54, 1.807) is 0 Å². The molecule has 9 heteroatoms. The van der Waals surface area contributed by atoms with Crippen LogP contribution in [0.1, 0.15) is 142 Å². The Hall–Kier alpha value is -0.950. The van der Waals surface area contributed by atoms with Crippen molar-refractivity contribution >= 4 is 19.8 Å². The number of phosphoric ester groups is 1. The number of carbonyl (C=O) groups excluding carboxylic acids is 2. The standard InChI is InChI=1S/C27H53O8P/c1-3-5-7-9-11-12-13-14-15-16-18-20-22-27(29)35-25(24-34-36(30,31)32)23-33-26(28)21-19-17-10-8-6-4-2/h25H,3-24H2,1-2H3,(H2,30,31,32). The van der Waals surface area contributed by atoms with Crippen LogP contribution in [0.15, 0.2) is 0 Å². The van der Waals surface area contributed by atoms with Crippen molar-refractivity contribution in [2.75, 3.05) is 13.2 Å². The van der Waals surface area contributed by atoms with Crippen molar-refractivity contribution in [3.05, 3.63) is 0 Å². The fourth-order valence-corrected chi connectivity index (χ4v) is 4.32. The highest BCUT2D eigenvalue weighted by molar-refractivity contribution is 7.46. The largest absolute Gasteiger partial charge is 0.469 e. The van der Waals surface area contributed by atoms with Crippen molar-refractivity contribution in [2.45, 2.75) is 148 Å². The zero-order valence-corrected chi connectivity index (χ0v) is 23.8. The van der Waals surface area contributed by atoms with Gasteiger partial charge in [0.15, 0.2) is 6.10 Å². The van der Waals surface area contributed by atoms with E-state index in [0.29, 0.717) is 6.42 Å².